The van der Waals surface area contributed by atoms with Gasteiger partial charge in [-0.05, 0) is 37.8 Å². The molecule has 3 nitrogen and oxygen atoms in total. The molecule has 2 unspecified atom stereocenters. The Balaban J connectivity index is 1.78. The normalized spacial score (nSPS) is 20.3. The van der Waals surface area contributed by atoms with E-state index in [9.17, 15) is 9.18 Å². The minimum atomic E-state index is -0.218. The molecule has 0 radical (unpaired) electrons. The summed E-state index contributed by atoms with van der Waals surface area (Å²) in [5, 5.41) is 0. The lowest BCUT2D eigenvalue weighted by Crippen LogP contribution is -2.45. The summed E-state index contributed by atoms with van der Waals surface area (Å²) in [6.45, 7) is 3.60. The number of amides is 1. The van der Waals surface area contributed by atoms with Crippen LogP contribution in [0.2, 0.25) is 0 Å². The minimum Gasteiger partial charge on any atom is -0.342 e. The second kappa shape index (κ2) is 7.80. The molecule has 2 rings (SSSR count). The lowest BCUT2D eigenvalue weighted by molar-refractivity contribution is -0.132. The van der Waals surface area contributed by atoms with Crippen LogP contribution < -0.4 is 5.73 Å². The van der Waals surface area contributed by atoms with Crippen LogP contribution in [0.15, 0.2) is 29.2 Å². The fourth-order valence-corrected chi connectivity index (χ4v) is 3.51. The van der Waals surface area contributed by atoms with Crippen LogP contribution in [-0.4, -0.2) is 35.7 Å². The van der Waals surface area contributed by atoms with Crippen LogP contribution in [0.25, 0.3) is 0 Å². The summed E-state index contributed by atoms with van der Waals surface area (Å²) < 4.78 is 13.5. The first-order valence-electron chi connectivity index (χ1n) is 7.48. The Kier molecular flexibility index (Phi) is 6.06. The van der Waals surface area contributed by atoms with Crippen molar-refractivity contribution in [1.82, 2.24) is 4.90 Å². The fraction of sp³-hybridized carbons (Fsp3) is 0.562. The van der Waals surface area contributed by atoms with Crippen LogP contribution in [0, 0.1) is 11.7 Å². The molecule has 116 valence electrons. The van der Waals surface area contributed by atoms with Gasteiger partial charge in [0.2, 0.25) is 5.91 Å². The molecule has 1 aromatic rings. The molecule has 2 N–H and O–H groups in total. The Morgan fingerprint density at radius 1 is 1.52 bits per heavy atom. The average Bonchev–Trinajstić information content (AvgIpc) is 2.49. The molecule has 1 aliphatic heterocycles. The van der Waals surface area contributed by atoms with E-state index in [1.165, 1.54) is 17.8 Å². The van der Waals surface area contributed by atoms with Crippen molar-refractivity contribution in [3.63, 3.8) is 0 Å². The van der Waals surface area contributed by atoms with Gasteiger partial charge in [0.05, 0.1) is 0 Å². The number of carbonyl (C=O) groups is 1. The Morgan fingerprint density at radius 3 is 3.00 bits per heavy atom. The van der Waals surface area contributed by atoms with Gasteiger partial charge in [-0.15, -0.1) is 11.8 Å². The number of carbonyl (C=O) groups excluding carboxylic acids is 1. The average molecular weight is 310 g/mol. The van der Waals surface area contributed by atoms with Crippen molar-refractivity contribution in [1.29, 1.82) is 0 Å². The molecule has 1 amide bonds. The van der Waals surface area contributed by atoms with Crippen LogP contribution in [-0.2, 0) is 4.79 Å². The Hall–Kier alpha value is -1.07. The number of thioether (sulfide) groups is 1. The maximum Gasteiger partial charge on any atom is 0.223 e. The standard InChI is InChI=1S/C16H23FN2OS/c1-12(18)13-5-4-9-19(11-13)16(20)8-10-21-15-7-3-2-6-14(15)17/h2-3,6-7,12-13H,4-5,8-11,18H2,1H3. The monoisotopic (exact) mass is 310 g/mol. The summed E-state index contributed by atoms with van der Waals surface area (Å²) in [7, 11) is 0. The molecular weight excluding hydrogens is 287 g/mol. The SMILES string of the molecule is CC(N)C1CCCN(C(=O)CCSc2ccccc2F)C1. The number of likely N-dealkylation sites (tertiary alicyclic amines) is 1. The highest BCUT2D eigenvalue weighted by molar-refractivity contribution is 7.99. The third kappa shape index (κ3) is 4.71. The van der Waals surface area contributed by atoms with Gasteiger partial charge in [0.1, 0.15) is 5.82 Å². The molecule has 1 aliphatic rings. The van der Waals surface area contributed by atoms with E-state index in [4.69, 9.17) is 5.73 Å². The van der Waals surface area contributed by atoms with Crippen molar-refractivity contribution >= 4 is 17.7 Å². The van der Waals surface area contributed by atoms with E-state index in [0.717, 1.165) is 25.9 Å². The zero-order valence-electron chi connectivity index (χ0n) is 12.4. The topological polar surface area (TPSA) is 46.3 Å². The van der Waals surface area contributed by atoms with Gasteiger partial charge in [-0.2, -0.15) is 0 Å². The number of benzene rings is 1. The summed E-state index contributed by atoms with van der Waals surface area (Å²) in [6, 6.07) is 6.81. The molecule has 1 saturated heterocycles. The number of nitrogens with two attached hydrogens (primary N) is 1. The molecule has 0 bridgehead atoms. The van der Waals surface area contributed by atoms with Crippen molar-refractivity contribution in [3.8, 4) is 0 Å². The van der Waals surface area contributed by atoms with Gasteiger partial charge in [-0.3, -0.25) is 4.79 Å². The highest BCUT2D eigenvalue weighted by Crippen LogP contribution is 2.23. The summed E-state index contributed by atoms with van der Waals surface area (Å²) in [5.74, 6) is 0.954. The van der Waals surface area contributed by atoms with E-state index < -0.39 is 0 Å². The lowest BCUT2D eigenvalue weighted by atomic mass is 9.92. The Labute approximate surface area is 130 Å². The molecule has 1 aromatic carbocycles. The molecule has 21 heavy (non-hydrogen) atoms. The zero-order chi connectivity index (χ0) is 15.2. The molecule has 1 heterocycles. The first-order valence-corrected chi connectivity index (χ1v) is 8.47. The minimum absolute atomic E-state index is 0.133. The van der Waals surface area contributed by atoms with E-state index in [1.54, 1.807) is 12.1 Å². The fourth-order valence-electron chi connectivity index (χ4n) is 2.63. The van der Waals surface area contributed by atoms with Gasteiger partial charge in [-0.25, -0.2) is 4.39 Å². The second-order valence-corrected chi connectivity index (χ2v) is 6.77. The van der Waals surface area contributed by atoms with Crippen molar-refractivity contribution in [2.75, 3.05) is 18.8 Å². The molecule has 0 spiro atoms. The van der Waals surface area contributed by atoms with Crippen LogP contribution in [0.5, 0.6) is 0 Å². The summed E-state index contributed by atoms with van der Waals surface area (Å²) in [6.07, 6.45) is 2.58. The van der Waals surface area contributed by atoms with Gasteiger partial charge >= 0.3 is 0 Å². The lowest BCUT2D eigenvalue weighted by Gasteiger charge is -2.34. The molecule has 5 heteroatoms. The third-order valence-corrected chi connectivity index (χ3v) is 5.01. The smallest absolute Gasteiger partial charge is 0.223 e. The van der Waals surface area contributed by atoms with Gasteiger partial charge in [-0.1, -0.05) is 12.1 Å². The van der Waals surface area contributed by atoms with Gasteiger partial charge in [0, 0.05) is 36.2 Å². The van der Waals surface area contributed by atoms with E-state index in [0.29, 0.717) is 23.0 Å². The Bertz CT molecular complexity index is 481. The van der Waals surface area contributed by atoms with E-state index in [1.807, 2.05) is 17.9 Å². The third-order valence-electron chi connectivity index (χ3n) is 3.96. The summed E-state index contributed by atoms with van der Waals surface area (Å²) >= 11 is 1.40. The predicted molar refractivity (Wildman–Crippen MR) is 84.7 cm³/mol. The highest BCUT2D eigenvalue weighted by atomic mass is 32.2. The zero-order valence-corrected chi connectivity index (χ0v) is 13.2. The number of hydrogen-bond donors (Lipinski definition) is 1. The first kappa shape index (κ1) is 16.3. The quantitative estimate of drug-likeness (QED) is 0.851. The van der Waals surface area contributed by atoms with Gasteiger partial charge in [0.25, 0.3) is 0 Å². The summed E-state index contributed by atoms with van der Waals surface area (Å²) in [5.41, 5.74) is 5.94. The van der Waals surface area contributed by atoms with Crippen LogP contribution in [0.3, 0.4) is 0 Å². The van der Waals surface area contributed by atoms with E-state index >= 15 is 0 Å². The highest BCUT2D eigenvalue weighted by Gasteiger charge is 2.25. The molecule has 2 atom stereocenters. The molecular formula is C16H23FN2OS. The number of halogens is 1. The van der Waals surface area contributed by atoms with Crippen LogP contribution in [0.4, 0.5) is 4.39 Å². The number of nitrogens with zero attached hydrogens (tertiary/aromatic N) is 1. The first-order chi connectivity index (χ1) is 10.1. The van der Waals surface area contributed by atoms with Crippen molar-refractivity contribution in [3.05, 3.63) is 30.1 Å². The van der Waals surface area contributed by atoms with Gasteiger partial charge < -0.3 is 10.6 Å². The van der Waals surface area contributed by atoms with Crippen molar-refractivity contribution in [2.45, 2.75) is 37.1 Å². The predicted octanol–water partition coefficient (Wildman–Crippen LogP) is 2.89. The maximum atomic E-state index is 13.5. The van der Waals surface area contributed by atoms with Crippen molar-refractivity contribution in [2.24, 2.45) is 11.7 Å². The largest absolute Gasteiger partial charge is 0.342 e. The van der Waals surface area contributed by atoms with E-state index in [2.05, 4.69) is 0 Å². The molecule has 0 aromatic heterocycles. The number of piperidine rings is 1. The number of hydrogen-bond acceptors (Lipinski definition) is 3. The molecule has 1 fully saturated rings. The summed E-state index contributed by atoms with van der Waals surface area (Å²) in [4.78, 5) is 14.7. The molecule has 0 aliphatic carbocycles. The second-order valence-electron chi connectivity index (χ2n) is 5.63. The van der Waals surface area contributed by atoms with Gasteiger partial charge in [0.15, 0.2) is 0 Å². The van der Waals surface area contributed by atoms with Crippen molar-refractivity contribution < 1.29 is 9.18 Å². The van der Waals surface area contributed by atoms with Crippen LogP contribution >= 0.6 is 11.8 Å². The van der Waals surface area contributed by atoms with E-state index in [-0.39, 0.29) is 17.8 Å². The maximum absolute atomic E-state index is 13.5. The number of rotatable bonds is 5. The van der Waals surface area contributed by atoms with Crippen LogP contribution in [0.1, 0.15) is 26.2 Å². The Morgan fingerprint density at radius 2 is 2.29 bits per heavy atom. The molecule has 0 saturated carbocycles.